The zero-order chi connectivity index (χ0) is 25.2. The van der Waals surface area contributed by atoms with E-state index in [-0.39, 0.29) is 23.5 Å². The van der Waals surface area contributed by atoms with E-state index < -0.39 is 18.0 Å². The highest BCUT2D eigenvalue weighted by molar-refractivity contribution is 5.96. The Hall–Kier alpha value is -3.16. The van der Waals surface area contributed by atoms with Gasteiger partial charge in [0, 0.05) is 12.6 Å². The van der Waals surface area contributed by atoms with E-state index in [4.69, 9.17) is 4.52 Å². The largest absolute Gasteiger partial charge is 0.351 e. The second-order valence-corrected chi connectivity index (χ2v) is 9.66. The maximum atomic E-state index is 13.4. The van der Waals surface area contributed by atoms with E-state index in [0.29, 0.717) is 18.9 Å². The average Bonchev–Trinajstić information content (AvgIpc) is 3.41. The number of aromatic nitrogens is 1. The first-order chi connectivity index (χ1) is 16.9. The van der Waals surface area contributed by atoms with Crippen LogP contribution in [0.2, 0.25) is 0 Å². The van der Waals surface area contributed by atoms with Crippen molar-refractivity contribution < 1.29 is 18.9 Å². The van der Waals surface area contributed by atoms with Crippen LogP contribution in [0.3, 0.4) is 0 Å². The molecule has 0 unspecified atom stereocenters. The van der Waals surface area contributed by atoms with E-state index in [1.807, 2.05) is 45.0 Å². The van der Waals surface area contributed by atoms with Crippen molar-refractivity contribution in [3.63, 3.8) is 0 Å². The molecule has 0 saturated heterocycles. The summed E-state index contributed by atoms with van der Waals surface area (Å²) in [6, 6.07) is 7.89. The highest BCUT2D eigenvalue weighted by Gasteiger charge is 2.32. The lowest BCUT2D eigenvalue weighted by atomic mass is 9.84. The van der Waals surface area contributed by atoms with Gasteiger partial charge in [0.15, 0.2) is 0 Å². The Morgan fingerprint density at radius 3 is 2.46 bits per heavy atom. The van der Waals surface area contributed by atoms with Gasteiger partial charge in [-0.1, -0.05) is 81.8 Å². The van der Waals surface area contributed by atoms with Crippen molar-refractivity contribution in [3.8, 4) is 0 Å². The number of nitrogens with zero attached hydrogens (tertiary/aromatic N) is 1. The van der Waals surface area contributed by atoms with Crippen LogP contribution >= 0.6 is 0 Å². The molecule has 190 valence electrons. The van der Waals surface area contributed by atoms with Gasteiger partial charge in [-0.2, -0.15) is 0 Å². The van der Waals surface area contributed by atoms with Crippen LogP contribution < -0.4 is 16.0 Å². The van der Waals surface area contributed by atoms with Gasteiger partial charge >= 0.3 is 0 Å². The smallest absolute Gasteiger partial charge is 0.290 e. The summed E-state index contributed by atoms with van der Waals surface area (Å²) >= 11 is 0. The third kappa shape index (κ3) is 7.67. The van der Waals surface area contributed by atoms with Crippen LogP contribution in [0.4, 0.5) is 0 Å². The van der Waals surface area contributed by atoms with Gasteiger partial charge in [0.1, 0.15) is 12.1 Å². The van der Waals surface area contributed by atoms with Gasteiger partial charge in [-0.05, 0) is 36.3 Å². The number of carbonyl (C=O) groups excluding carboxylic acids is 3. The van der Waals surface area contributed by atoms with Gasteiger partial charge < -0.3 is 20.5 Å². The third-order valence-electron chi connectivity index (χ3n) is 7.08. The molecule has 3 rings (SSSR count). The molecule has 0 radical (unpaired) electrons. The van der Waals surface area contributed by atoms with E-state index in [1.54, 1.807) is 0 Å². The summed E-state index contributed by atoms with van der Waals surface area (Å²) in [6.07, 6.45) is 8.18. The highest BCUT2D eigenvalue weighted by atomic mass is 16.5. The Morgan fingerprint density at radius 2 is 1.80 bits per heavy atom. The van der Waals surface area contributed by atoms with Crippen molar-refractivity contribution in [3.05, 3.63) is 53.4 Å². The zero-order valence-electron chi connectivity index (χ0n) is 21.0. The van der Waals surface area contributed by atoms with E-state index >= 15 is 0 Å². The number of benzene rings is 1. The third-order valence-corrected chi connectivity index (χ3v) is 7.08. The van der Waals surface area contributed by atoms with Crippen molar-refractivity contribution >= 4 is 17.7 Å². The van der Waals surface area contributed by atoms with Crippen molar-refractivity contribution in [2.75, 3.05) is 0 Å². The molecule has 1 aliphatic carbocycles. The number of hydrogen-bond donors (Lipinski definition) is 3. The molecular weight excluding hydrogens is 444 g/mol. The van der Waals surface area contributed by atoms with Gasteiger partial charge in [-0.25, -0.2) is 0 Å². The van der Waals surface area contributed by atoms with Crippen molar-refractivity contribution in [1.29, 1.82) is 0 Å². The molecular formula is C27H38N4O4. The van der Waals surface area contributed by atoms with Crippen molar-refractivity contribution in [2.24, 2.45) is 11.8 Å². The lowest BCUT2D eigenvalue weighted by molar-refractivity contribution is -0.131. The predicted octanol–water partition coefficient (Wildman–Crippen LogP) is 3.90. The molecule has 0 aliphatic heterocycles. The fourth-order valence-electron chi connectivity index (χ4n) is 4.61. The second-order valence-electron chi connectivity index (χ2n) is 9.66. The minimum Gasteiger partial charge on any atom is -0.351 e. The molecule has 0 bridgehead atoms. The summed E-state index contributed by atoms with van der Waals surface area (Å²) in [7, 11) is 0. The van der Waals surface area contributed by atoms with Crippen LogP contribution in [0.1, 0.15) is 80.5 Å². The highest BCUT2D eigenvalue weighted by Crippen LogP contribution is 2.27. The molecule has 1 saturated carbocycles. The number of carbonyl (C=O) groups is 3. The first-order valence-corrected chi connectivity index (χ1v) is 12.7. The van der Waals surface area contributed by atoms with Crippen molar-refractivity contribution in [1.82, 2.24) is 21.1 Å². The number of amides is 3. The molecule has 1 aromatic carbocycles. The molecule has 0 spiro atoms. The lowest BCUT2D eigenvalue weighted by Crippen LogP contribution is -2.56. The fourth-order valence-corrected chi connectivity index (χ4v) is 4.61. The van der Waals surface area contributed by atoms with Crippen LogP contribution in [0, 0.1) is 18.8 Å². The van der Waals surface area contributed by atoms with E-state index in [0.717, 1.165) is 43.2 Å². The molecule has 1 aliphatic rings. The fraction of sp³-hybridized carbons (Fsp3) is 0.556. The minimum atomic E-state index is -0.758. The normalized spacial score (nSPS) is 16.7. The van der Waals surface area contributed by atoms with Crippen LogP contribution in [-0.2, 0) is 16.1 Å². The van der Waals surface area contributed by atoms with E-state index in [2.05, 4.69) is 21.1 Å². The molecule has 3 atom stereocenters. The molecule has 3 N–H and O–H groups in total. The molecule has 35 heavy (non-hydrogen) atoms. The van der Waals surface area contributed by atoms with E-state index in [1.165, 1.54) is 18.7 Å². The van der Waals surface area contributed by atoms with Crippen LogP contribution in [-0.4, -0.2) is 35.0 Å². The maximum absolute atomic E-state index is 13.4. The number of nitrogens with one attached hydrogen (secondary N) is 3. The molecule has 8 nitrogen and oxygen atoms in total. The van der Waals surface area contributed by atoms with Gasteiger partial charge in [-0.3, -0.25) is 14.4 Å². The minimum absolute atomic E-state index is 0.0564. The van der Waals surface area contributed by atoms with Crippen LogP contribution in [0.15, 0.2) is 41.1 Å². The second kappa shape index (κ2) is 13.1. The number of rotatable bonds is 11. The molecule has 1 aromatic heterocycles. The van der Waals surface area contributed by atoms with E-state index in [9.17, 15) is 14.4 Å². The Bertz CT molecular complexity index is 969. The molecule has 2 aromatic rings. The van der Waals surface area contributed by atoms with Crippen LogP contribution in [0.25, 0.3) is 0 Å². The standard InChI is InChI=1S/C27H38N4O4/c1-4-18(2)24(27(34)28-17-21-13-9-8-10-19(21)3)31-25(32)22(16-20-11-6-5-7-12-20)30-26(33)23-14-15-29-35-23/h8-10,13-15,18,20,22,24H,4-7,11-12,16-17H2,1-3H3,(H,28,34)(H,30,33)(H,31,32)/t18-,22-,24-/m0/s1. The molecule has 1 fully saturated rings. The van der Waals surface area contributed by atoms with Crippen molar-refractivity contribution in [2.45, 2.75) is 84.3 Å². The summed E-state index contributed by atoms with van der Waals surface area (Å²) in [5.41, 5.74) is 2.13. The maximum Gasteiger partial charge on any atom is 0.290 e. The van der Waals surface area contributed by atoms with Gasteiger partial charge in [-0.15, -0.1) is 0 Å². The molecule has 3 amide bonds. The summed E-state index contributed by atoms with van der Waals surface area (Å²) in [4.78, 5) is 39.2. The predicted molar refractivity (Wildman–Crippen MR) is 133 cm³/mol. The monoisotopic (exact) mass is 482 g/mol. The summed E-state index contributed by atoms with van der Waals surface area (Å²) < 4.78 is 4.97. The zero-order valence-corrected chi connectivity index (χ0v) is 21.0. The first-order valence-electron chi connectivity index (χ1n) is 12.7. The Labute approximate surface area is 207 Å². The lowest BCUT2D eigenvalue weighted by Gasteiger charge is -2.29. The molecule has 8 heteroatoms. The number of aryl methyl sites for hydroxylation is 1. The van der Waals surface area contributed by atoms with Crippen LogP contribution in [0.5, 0.6) is 0 Å². The Kier molecular flexibility index (Phi) is 9.87. The summed E-state index contributed by atoms with van der Waals surface area (Å²) in [5.74, 6) is -0.722. The van der Waals surface area contributed by atoms with Gasteiger partial charge in [0.2, 0.25) is 17.6 Å². The summed E-state index contributed by atoms with van der Waals surface area (Å²) in [5, 5.41) is 12.3. The quantitative estimate of drug-likeness (QED) is 0.450. The summed E-state index contributed by atoms with van der Waals surface area (Å²) in [6.45, 7) is 6.33. The molecule has 1 heterocycles. The first kappa shape index (κ1) is 26.4. The topological polar surface area (TPSA) is 113 Å². The Balaban J connectivity index is 1.70. The van der Waals surface area contributed by atoms with Gasteiger partial charge in [0.05, 0.1) is 6.20 Å². The Morgan fingerprint density at radius 1 is 1.06 bits per heavy atom. The average molecular weight is 483 g/mol. The SMILES string of the molecule is CC[C@H](C)[C@H](NC(=O)[C@H](CC1CCCCC1)NC(=O)c1ccno1)C(=O)NCc1ccccc1C. The number of hydrogen-bond acceptors (Lipinski definition) is 5. The van der Waals surface area contributed by atoms with Gasteiger partial charge in [0.25, 0.3) is 5.91 Å².